The Labute approximate surface area is 102 Å². The normalized spacial score (nSPS) is 13.7. The van der Waals surface area contributed by atoms with Gasteiger partial charge in [0.15, 0.2) is 5.78 Å². The van der Waals surface area contributed by atoms with Gasteiger partial charge in [0.1, 0.15) is 5.41 Å². The number of rotatable bonds is 6. The molecule has 0 amide bonds. The van der Waals surface area contributed by atoms with E-state index in [1.807, 2.05) is 30.3 Å². The van der Waals surface area contributed by atoms with Crippen LogP contribution < -0.4 is 0 Å². The fourth-order valence-corrected chi connectivity index (χ4v) is 1.93. The number of ether oxygens (including phenoxy) is 1. The first kappa shape index (κ1) is 13.4. The maximum atomic E-state index is 11.8. The Kier molecular flexibility index (Phi) is 4.86. The molecule has 1 aromatic rings. The second-order valence-electron chi connectivity index (χ2n) is 4.04. The minimum Gasteiger partial charge on any atom is -0.385 e. The third-order valence-corrected chi connectivity index (χ3v) is 2.96. The van der Waals surface area contributed by atoms with Crippen LogP contribution in [-0.4, -0.2) is 19.5 Å². The van der Waals surface area contributed by atoms with Crippen LogP contribution >= 0.6 is 0 Å². The van der Waals surface area contributed by atoms with Gasteiger partial charge in [0.05, 0.1) is 6.07 Å². The zero-order chi connectivity index (χ0) is 12.7. The molecule has 0 saturated carbocycles. The topological polar surface area (TPSA) is 50.1 Å². The van der Waals surface area contributed by atoms with Crippen molar-refractivity contribution in [2.24, 2.45) is 0 Å². The predicted octanol–water partition coefficient (Wildman–Crippen LogP) is 2.46. The molecule has 3 nitrogen and oxygen atoms in total. The van der Waals surface area contributed by atoms with Crippen LogP contribution in [0.1, 0.15) is 25.3 Å². The summed E-state index contributed by atoms with van der Waals surface area (Å²) in [5.41, 5.74) is -0.258. The number of nitrogens with zero attached hydrogens (tertiary/aromatic N) is 1. The van der Waals surface area contributed by atoms with E-state index < -0.39 is 5.41 Å². The zero-order valence-electron chi connectivity index (χ0n) is 10.3. The highest BCUT2D eigenvalue weighted by Gasteiger charge is 2.36. The molecule has 0 aromatic heterocycles. The molecule has 0 heterocycles. The van der Waals surface area contributed by atoms with Crippen LogP contribution in [0, 0.1) is 11.3 Å². The first-order valence-corrected chi connectivity index (χ1v) is 5.64. The Hall–Kier alpha value is -1.66. The molecular formula is C14H17NO2. The molecule has 1 unspecified atom stereocenters. The number of Topliss-reactive ketones (excluding diaryl/α,β-unsaturated/α-hetero) is 1. The van der Waals surface area contributed by atoms with Gasteiger partial charge in [-0.05, 0) is 25.3 Å². The number of hydrogen-bond donors (Lipinski definition) is 0. The van der Waals surface area contributed by atoms with E-state index in [-0.39, 0.29) is 5.78 Å². The van der Waals surface area contributed by atoms with Gasteiger partial charge in [0.25, 0.3) is 0 Å². The van der Waals surface area contributed by atoms with Crippen LogP contribution in [0.15, 0.2) is 30.3 Å². The average molecular weight is 231 g/mol. The third kappa shape index (κ3) is 2.92. The zero-order valence-corrected chi connectivity index (χ0v) is 10.3. The number of hydrogen-bond acceptors (Lipinski definition) is 3. The van der Waals surface area contributed by atoms with E-state index in [4.69, 9.17) is 4.74 Å². The highest BCUT2D eigenvalue weighted by atomic mass is 16.5. The second-order valence-corrected chi connectivity index (χ2v) is 4.04. The van der Waals surface area contributed by atoms with Gasteiger partial charge in [-0.25, -0.2) is 0 Å². The molecule has 0 spiro atoms. The van der Waals surface area contributed by atoms with Gasteiger partial charge in [-0.1, -0.05) is 30.3 Å². The first-order chi connectivity index (χ1) is 8.17. The van der Waals surface area contributed by atoms with Crippen molar-refractivity contribution < 1.29 is 9.53 Å². The average Bonchev–Trinajstić information content (AvgIpc) is 2.36. The van der Waals surface area contributed by atoms with E-state index >= 15 is 0 Å². The molecule has 1 aromatic carbocycles. The lowest BCUT2D eigenvalue weighted by Crippen LogP contribution is -2.32. The minimum atomic E-state index is -1.03. The maximum Gasteiger partial charge on any atom is 0.154 e. The molecule has 1 rings (SSSR count). The number of methoxy groups -OCH3 is 1. The van der Waals surface area contributed by atoms with Crippen molar-refractivity contribution in [1.29, 1.82) is 5.26 Å². The summed E-state index contributed by atoms with van der Waals surface area (Å²) >= 11 is 0. The minimum absolute atomic E-state index is 0.109. The van der Waals surface area contributed by atoms with Crippen LogP contribution in [0.5, 0.6) is 0 Å². The van der Waals surface area contributed by atoms with Gasteiger partial charge in [-0.2, -0.15) is 5.26 Å². The van der Waals surface area contributed by atoms with E-state index in [2.05, 4.69) is 6.07 Å². The van der Waals surface area contributed by atoms with Crippen molar-refractivity contribution in [2.45, 2.75) is 25.2 Å². The Bertz CT molecular complexity index is 408. The molecule has 17 heavy (non-hydrogen) atoms. The molecule has 0 aliphatic heterocycles. The monoisotopic (exact) mass is 231 g/mol. The summed E-state index contributed by atoms with van der Waals surface area (Å²) in [5.74, 6) is -0.109. The van der Waals surface area contributed by atoms with E-state index in [9.17, 15) is 10.1 Å². The van der Waals surface area contributed by atoms with Gasteiger partial charge in [0.2, 0.25) is 0 Å². The lowest BCUT2D eigenvalue weighted by molar-refractivity contribution is -0.120. The van der Waals surface area contributed by atoms with Crippen molar-refractivity contribution in [3.63, 3.8) is 0 Å². The molecule has 0 aliphatic rings. The molecule has 0 N–H and O–H groups in total. The van der Waals surface area contributed by atoms with E-state index in [1.165, 1.54) is 6.92 Å². The summed E-state index contributed by atoms with van der Waals surface area (Å²) < 4.78 is 4.98. The van der Waals surface area contributed by atoms with Crippen LogP contribution in [0.4, 0.5) is 0 Å². The summed E-state index contributed by atoms with van der Waals surface area (Å²) in [7, 11) is 1.62. The number of carbonyl (C=O) groups excluding carboxylic acids is 1. The Morgan fingerprint density at radius 2 is 2.06 bits per heavy atom. The molecular weight excluding hydrogens is 214 g/mol. The predicted molar refractivity (Wildman–Crippen MR) is 65.5 cm³/mol. The molecule has 0 aliphatic carbocycles. The summed E-state index contributed by atoms with van der Waals surface area (Å²) in [4.78, 5) is 11.8. The number of carbonyl (C=O) groups is 1. The third-order valence-electron chi connectivity index (χ3n) is 2.96. The van der Waals surface area contributed by atoms with E-state index in [1.54, 1.807) is 7.11 Å². The SMILES string of the molecule is COCCCC(C#N)(C(C)=O)c1ccccc1. The quantitative estimate of drug-likeness (QED) is 0.707. The maximum absolute atomic E-state index is 11.8. The fraction of sp³-hybridized carbons (Fsp3) is 0.429. The van der Waals surface area contributed by atoms with Crippen LogP contribution in [0.25, 0.3) is 0 Å². The van der Waals surface area contributed by atoms with Crippen molar-refractivity contribution in [2.75, 3.05) is 13.7 Å². The van der Waals surface area contributed by atoms with Crippen LogP contribution in [0.2, 0.25) is 0 Å². The summed E-state index contributed by atoms with van der Waals surface area (Å²) in [6, 6.07) is 11.4. The van der Waals surface area contributed by atoms with Crippen molar-refractivity contribution in [3.05, 3.63) is 35.9 Å². The van der Waals surface area contributed by atoms with Gasteiger partial charge in [0, 0.05) is 13.7 Å². The van der Waals surface area contributed by atoms with Gasteiger partial charge in [-0.15, -0.1) is 0 Å². The van der Waals surface area contributed by atoms with E-state index in [0.717, 1.165) is 5.56 Å². The van der Waals surface area contributed by atoms with Crippen molar-refractivity contribution in [1.82, 2.24) is 0 Å². The Balaban J connectivity index is 3.02. The highest BCUT2D eigenvalue weighted by molar-refractivity contribution is 5.91. The van der Waals surface area contributed by atoms with Crippen LogP contribution in [-0.2, 0) is 14.9 Å². The lowest BCUT2D eigenvalue weighted by Gasteiger charge is -2.24. The van der Waals surface area contributed by atoms with Crippen molar-refractivity contribution >= 4 is 5.78 Å². The van der Waals surface area contributed by atoms with E-state index in [0.29, 0.717) is 19.4 Å². The van der Waals surface area contributed by atoms with Crippen molar-refractivity contribution in [3.8, 4) is 6.07 Å². The molecule has 0 radical (unpaired) electrons. The molecule has 1 atom stereocenters. The first-order valence-electron chi connectivity index (χ1n) is 5.64. The number of benzene rings is 1. The number of ketones is 1. The summed E-state index contributed by atoms with van der Waals surface area (Å²) in [6.07, 6.45) is 1.19. The molecule has 3 heteroatoms. The Morgan fingerprint density at radius 1 is 1.41 bits per heavy atom. The standard InChI is InChI=1S/C14H17NO2/c1-12(16)14(11-15,9-6-10-17-2)13-7-4-3-5-8-13/h3-5,7-8H,6,9-10H2,1-2H3. The van der Waals surface area contributed by atoms with Crippen LogP contribution in [0.3, 0.4) is 0 Å². The largest absolute Gasteiger partial charge is 0.385 e. The van der Waals surface area contributed by atoms with Gasteiger partial charge >= 0.3 is 0 Å². The molecule has 0 fully saturated rings. The molecule has 90 valence electrons. The molecule has 0 saturated heterocycles. The number of nitriles is 1. The lowest BCUT2D eigenvalue weighted by atomic mass is 9.75. The summed E-state index contributed by atoms with van der Waals surface area (Å²) in [6.45, 7) is 2.03. The summed E-state index contributed by atoms with van der Waals surface area (Å²) in [5, 5.41) is 9.39. The van der Waals surface area contributed by atoms with Gasteiger partial charge < -0.3 is 4.74 Å². The van der Waals surface area contributed by atoms with Gasteiger partial charge in [-0.3, -0.25) is 4.79 Å². The highest BCUT2D eigenvalue weighted by Crippen LogP contribution is 2.29. The molecule has 0 bridgehead atoms. The fourth-order valence-electron chi connectivity index (χ4n) is 1.93. The second kappa shape index (κ2) is 6.17. The smallest absolute Gasteiger partial charge is 0.154 e. The Morgan fingerprint density at radius 3 is 2.53 bits per heavy atom.